The van der Waals surface area contributed by atoms with Crippen LogP contribution >= 0.6 is 11.6 Å². The van der Waals surface area contributed by atoms with Crippen LogP contribution in [-0.4, -0.2) is 23.8 Å². The predicted octanol–water partition coefficient (Wildman–Crippen LogP) is 3.31. The summed E-state index contributed by atoms with van der Waals surface area (Å²) >= 11 is 6.15. The van der Waals surface area contributed by atoms with Crippen LogP contribution in [0.2, 0.25) is 5.02 Å². The molecule has 1 atom stereocenters. The van der Waals surface area contributed by atoms with Crippen molar-refractivity contribution in [3.8, 4) is 5.75 Å². The number of nitrogens with one attached hydrogen (secondary N) is 1. The summed E-state index contributed by atoms with van der Waals surface area (Å²) in [6.07, 6.45) is 3.80. The van der Waals surface area contributed by atoms with Crippen LogP contribution in [0.3, 0.4) is 0 Å². The molecular formula is C16H16ClN3O. The fraction of sp³-hybridized carbons (Fsp3) is 0.188. The van der Waals surface area contributed by atoms with Crippen molar-refractivity contribution in [2.24, 2.45) is 0 Å². The fourth-order valence-electron chi connectivity index (χ4n) is 2.59. The lowest BCUT2D eigenvalue weighted by molar-refractivity contribution is 0.405. The maximum atomic E-state index is 6.15. The van der Waals surface area contributed by atoms with Gasteiger partial charge in [-0.3, -0.25) is 0 Å². The van der Waals surface area contributed by atoms with Crippen LogP contribution in [0.15, 0.2) is 48.8 Å². The van der Waals surface area contributed by atoms with Crippen molar-refractivity contribution in [2.75, 3.05) is 14.2 Å². The summed E-state index contributed by atoms with van der Waals surface area (Å²) in [5.74, 6) is 0.800. The molecule has 3 aromatic rings. The Kier molecular flexibility index (Phi) is 3.82. The van der Waals surface area contributed by atoms with Crippen LogP contribution in [0, 0.1) is 0 Å². The van der Waals surface area contributed by atoms with Gasteiger partial charge in [-0.25, -0.2) is 4.52 Å². The molecule has 2 heterocycles. The number of nitrogens with zero attached hydrogens (tertiary/aromatic N) is 2. The Balaban J connectivity index is 2.16. The Labute approximate surface area is 128 Å². The fourth-order valence-corrected chi connectivity index (χ4v) is 2.77. The highest BCUT2D eigenvalue weighted by Gasteiger charge is 2.20. The molecule has 0 saturated heterocycles. The van der Waals surface area contributed by atoms with Crippen molar-refractivity contribution in [3.63, 3.8) is 0 Å². The summed E-state index contributed by atoms with van der Waals surface area (Å²) in [4.78, 5) is 0. The summed E-state index contributed by atoms with van der Waals surface area (Å²) < 4.78 is 7.33. The van der Waals surface area contributed by atoms with Gasteiger partial charge in [0.25, 0.3) is 0 Å². The zero-order valence-corrected chi connectivity index (χ0v) is 12.6. The third-order valence-electron chi connectivity index (χ3n) is 3.56. The lowest BCUT2D eigenvalue weighted by Gasteiger charge is -2.19. The van der Waals surface area contributed by atoms with Crippen molar-refractivity contribution in [1.29, 1.82) is 0 Å². The van der Waals surface area contributed by atoms with E-state index in [9.17, 15) is 0 Å². The van der Waals surface area contributed by atoms with Gasteiger partial charge in [-0.2, -0.15) is 5.10 Å². The minimum atomic E-state index is -0.0430. The molecule has 0 saturated carbocycles. The second-order valence-corrected chi connectivity index (χ2v) is 5.17. The zero-order valence-electron chi connectivity index (χ0n) is 11.9. The van der Waals surface area contributed by atoms with Crippen LogP contribution in [0.4, 0.5) is 0 Å². The van der Waals surface area contributed by atoms with E-state index in [4.69, 9.17) is 16.3 Å². The molecular weight excluding hydrogens is 286 g/mol. The molecule has 0 spiro atoms. The van der Waals surface area contributed by atoms with Gasteiger partial charge in [-0.15, -0.1) is 0 Å². The zero-order chi connectivity index (χ0) is 14.8. The van der Waals surface area contributed by atoms with Crippen LogP contribution in [0.1, 0.15) is 17.2 Å². The highest BCUT2D eigenvalue weighted by Crippen LogP contribution is 2.33. The molecule has 0 aliphatic heterocycles. The van der Waals surface area contributed by atoms with Crippen molar-refractivity contribution >= 4 is 17.1 Å². The first-order valence-electron chi connectivity index (χ1n) is 6.67. The Morgan fingerprint density at radius 1 is 1.24 bits per heavy atom. The maximum Gasteiger partial charge on any atom is 0.124 e. The molecule has 108 valence electrons. The van der Waals surface area contributed by atoms with Gasteiger partial charge in [0.1, 0.15) is 5.75 Å². The minimum absolute atomic E-state index is 0.0430. The third-order valence-corrected chi connectivity index (χ3v) is 3.79. The van der Waals surface area contributed by atoms with Crippen molar-refractivity contribution < 1.29 is 4.74 Å². The summed E-state index contributed by atoms with van der Waals surface area (Å²) in [5, 5.41) is 8.40. The van der Waals surface area contributed by atoms with Gasteiger partial charge in [0.15, 0.2) is 0 Å². The van der Waals surface area contributed by atoms with Gasteiger partial charge < -0.3 is 10.1 Å². The van der Waals surface area contributed by atoms with Crippen molar-refractivity contribution in [2.45, 2.75) is 6.04 Å². The van der Waals surface area contributed by atoms with E-state index in [1.807, 2.05) is 60.4 Å². The Morgan fingerprint density at radius 2 is 2.10 bits per heavy atom. The number of rotatable bonds is 4. The number of aromatic nitrogens is 2. The monoisotopic (exact) mass is 301 g/mol. The average Bonchev–Trinajstić information content (AvgIpc) is 2.93. The first-order chi connectivity index (χ1) is 10.2. The van der Waals surface area contributed by atoms with E-state index in [-0.39, 0.29) is 6.04 Å². The molecule has 21 heavy (non-hydrogen) atoms. The quantitative estimate of drug-likeness (QED) is 0.803. The van der Waals surface area contributed by atoms with Crippen molar-refractivity contribution in [3.05, 3.63) is 64.9 Å². The summed E-state index contributed by atoms with van der Waals surface area (Å²) in [7, 11) is 3.58. The highest BCUT2D eigenvalue weighted by molar-refractivity contribution is 6.30. The van der Waals surface area contributed by atoms with E-state index in [1.165, 1.54) is 0 Å². The number of halogens is 1. The van der Waals surface area contributed by atoms with Crippen LogP contribution < -0.4 is 10.1 Å². The van der Waals surface area contributed by atoms with E-state index in [0.29, 0.717) is 5.02 Å². The summed E-state index contributed by atoms with van der Waals surface area (Å²) in [6, 6.07) is 11.6. The molecule has 4 nitrogen and oxygen atoms in total. The first-order valence-corrected chi connectivity index (χ1v) is 7.05. The van der Waals surface area contributed by atoms with E-state index in [0.717, 1.165) is 22.4 Å². The summed E-state index contributed by atoms with van der Waals surface area (Å²) in [6.45, 7) is 0. The molecule has 1 unspecified atom stereocenters. The normalized spacial score (nSPS) is 12.5. The number of fused-ring (bicyclic) bond motifs is 1. The van der Waals surface area contributed by atoms with Crippen LogP contribution in [0.25, 0.3) is 5.52 Å². The van der Waals surface area contributed by atoms with E-state index < -0.39 is 0 Å². The molecule has 0 aliphatic carbocycles. The van der Waals surface area contributed by atoms with Gasteiger partial charge in [0.2, 0.25) is 0 Å². The van der Waals surface area contributed by atoms with E-state index in [2.05, 4.69) is 10.4 Å². The molecule has 5 heteroatoms. The smallest absolute Gasteiger partial charge is 0.124 e. The Bertz CT molecular complexity index is 769. The molecule has 0 aliphatic rings. The topological polar surface area (TPSA) is 38.6 Å². The number of pyridine rings is 1. The average molecular weight is 302 g/mol. The molecule has 3 rings (SSSR count). The van der Waals surface area contributed by atoms with Crippen LogP contribution in [0.5, 0.6) is 5.75 Å². The van der Waals surface area contributed by atoms with E-state index >= 15 is 0 Å². The SMILES string of the molecule is CNC(c1cc(Cl)ccc1OC)c1cnn2ccccc12. The standard InChI is InChI=1S/C16H16ClN3O/c1-18-16(12-9-11(17)6-7-15(12)21-2)13-10-19-20-8-4-3-5-14(13)20/h3-10,16,18H,1-2H3. The lowest BCUT2D eigenvalue weighted by atomic mass is 9.99. The van der Waals surface area contributed by atoms with Gasteiger partial charge >= 0.3 is 0 Å². The van der Waals surface area contributed by atoms with Gasteiger partial charge in [0.05, 0.1) is 24.9 Å². The lowest BCUT2D eigenvalue weighted by Crippen LogP contribution is -2.18. The minimum Gasteiger partial charge on any atom is -0.496 e. The second kappa shape index (κ2) is 5.76. The number of ether oxygens (including phenoxy) is 1. The summed E-state index contributed by atoms with van der Waals surface area (Å²) in [5.41, 5.74) is 3.13. The third kappa shape index (κ3) is 2.48. The molecule has 2 aromatic heterocycles. The predicted molar refractivity (Wildman–Crippen MR) is 84.1 cm³/mol. The van der Waals surface area contributed by atoms with Crippen LogP contribution in [-0.2, 0) is 0 Å². The van der Waals surface area contributed by atoms with Gasteiger partial charge in [-0.1, -0.05) is 17.7 Å². The number of hydrogen-bond donors (Lipinski definition) is 1. The van der Waals surface area contributed by atoms with Crippen molar-refractivity contribution in [1.82, 2.24) is 14.9 Å². The van der Waals surface area contributed by atoms with Gasteiger partial charge in [-0.05, 0) is 37.4 Å². The van der Waals surface area contributed by atoms with E-state index in [1.54, 1.807) is 7.11 Å². The largest absolute Gasteiger partial charge is 0.496 e. The highest BCUT2D eigenvalue weighted by atomic mass is 35.5. The second-order valence-electron chi connectivity index (χ2n) is 4.74. The number of methoxy groups -OCH3 is 1. The number of benzene rings is 1. The molecule has 0 radical (unpaired) electrons. The van der Waals surface area contributed by atoms with Gasteiger partial charge in [0, 0.05) is 22.3 Å². The molecule has 0 bridgehead atoms. The molecule has 0 fully saturated rings. The molecule has 1 N–H and O–H groups in total. The molecule has 0 amide bonds. The molecule has 1 aromatic carbocycles. The number of hydrogen-bond acceptors (Lipinski definition) is 3. The Hall–Kier alpha value is -2.04. The first kappa shape index (κ1) is 13.9. The Morgan fingerprint density at radius 3 is 2.86 bits per heavy atom. The maximum absolute atomic E-state index is 6.15.